The van der Waals surface area contributed by atoms with E-state index in [1.165, 1.54) is 0 Å². The van der Waals surface area contributed by atoms with E-state index in [-0.39, 0.29) is 0 Å². The highest BCUT2D eigenvalue weighted by atomic mass is 16.5. The molecule has 0 unspecified atom stereocenters. The van der Waals surface area contributed by atoms with Crippen LogP contribution in [0.1, 0.15) is 19.2 Å². The van der Waals surface area contributed by atoms with E-state index in [1.54, 1.807) is 10.9 Å². The minimum atomic E-state index is 0.599. The van der Waals surface area contributed by atoms with Crippen LogP contribution in [0.4, 0.5) is 5.82 Å². The molecule has 2 aromatic rings. The van der Waals surface area contributed by atoms with Crippen LogP contribution in [-0.4, -0.2) is 38.1 Å². The smallest absolute Gasteiger partial charge is 0.218 e. The minimum absolute atomic E-state index is 0.599. The van der Waals surface area contributed by atoms with Gasteiger partial charge in [-0.05, 0) is 20.3 Å². The van der Waals surface area contributed by atoms with Crippen LogP contribution in [0.25, 0.3) is 0 Å². The highest BCUT2D eigenvalue weighted by Crippen LogP contribution is 2.13. The average molecular weight is 262 g/mol. The molecule has 2 aromatic heterocycles. The monoisotopic (exact) mass is 262 g/mol. The van der Waals surface area contributed by atoms with E-state index in [1.807, 2.05) is 26.1 Å². The van der Waals surface area contributed by atoms with Crippen molar-refractivity contribution < 1.29 is 4.74 Å². The third-order valence-corrected chi connectivity index (χ3v) is 2.45. The summed E-state index contributed by atoms with van der Waals surface area (Å²) in [4.78, 5) is 8.51. The van der Waals surface area contributed by atoms with E-state index in [4.69, 9.17) is 4.74 Å². The maximum absolute atomic E-state index is 5.38. The highest BCUT2D eigenvalue weighted by molar-refractivity contribution is 5.38. The third-order valence-electron chi connectivity index (χ3n) is 2.45. The molecule has 7 nitrogen and oxygen atoms in total. The molecule has 2 heterocycles. The Bertz CT molecular complexity index is 499. The number of nitrogens with zero attached hydrogens (tertiary/aromatic N) is 5. The Labute approximate surface area is 112 Å². The molecule has 0 bridgehead atoms. The van der Waals surface area contributed by atoms with Crippen LogP contribution in [-0.2, 0) is 6.54 Å². The van der Waals surface area contributed by atoms with Gasteiger partial charge in [0, 0.05) is 25.4 Å². The van der Waals surface area contributed by atoms with Gasteiger partial charge in [0.25, 0.3) is 0 Å². The van der Waals surface area contributed by atoms with E-state index in [2.05, 4.69) is 25.6 Å². The number of anilines is 1. The van der Waals surface area contributed by atoms with Crippen molar-refractivity contribution >= 4 is 5.82 Å². The molecule has 0 radical (unpaired) electrons. The van der Waals surface area contributed by atoms with Gasteiger partial charge in [0.05, 0.1) is 12.8 Å². The summed E-state index contributed by atoms with van der Waals surface area (Å²) in [7, 11) is 0. The lowest BCUT2D eigenvalue weighted by atomic mass is 10.4. The minimum Gasteiger partial charge on any atom is -0.478 e. The quantitative estimate of drug-likeness (QED) is 0.757. The molecule has 2 rings (SSSR count). The first-order valence-electron chi connectivity index (χ1n) is 6.34. The van der Waals surface area contributed by atoms with Crippen molar-refractivity contribution in [3.8, 4) is 5.88 Å². The molecule has 0 aliphatic rings. The van der Waals surface area contributed by atoms with Gasteiger partial charge in [0.2, 0.25) is 5.88 Å². The van der Waals surface area contributed by atoms with Gasteiger partial charge in [-0.3, -0.25) is 4.68 Å². The van der Waals surface area contributed by atoms with Crippen LogP contribution < -0.4 is 10.1 Å². The topological polar surface area (TPSA) is 77.8 Å². The van der Waals surface area contributed by atoms with E-state index in [0.29, 0.717) is 18.3 Å². The molecular weight excluding hydrogens is 244 g/mol. The molecule has 0 spiro atoms. The fourth-order valence-corrected chi connectivity index (χ4v) is 1.66. The molecule has 7 heteroatoms. The Morgan fingerprint density at radius 1 is 1.37 bits per heavy atom. The van der Waals surface area contributed by atoms with E-state index < -0.39 is 0 Å². The number of aromatic nitrogens is 5. The normalized spacial score (nSPS) is 10.4. The fraction of sp³-hybridized carbons (Fsp3) is 0.500. The SMILES string of the molecule is CCOc1cc(NCCCn2ccnn2)nc(C)n1. The number of rotatable bonds is 7. The molecule has 0 atom stereocenters. The number of nitrogens with one attached hydrogen (secondary N) is 1. The summed E-state index contributed by atoms with van der Waals surface area (Å²) in [6, 6.07) is 1.81. The summed E-state index contributed by atoms with van der Waals surface area (Å²) >= 11 is 0. The number of hydrogen-bond donors (Lipinski definition) is 1. The number of hydrogen-bond acceptors (Lipinski definition) is 6. The molecule has 0 saturated carbocycles. The van der Waals surface area contributed by atoms with Gasteiger partial charge in [-0.2, -0.15) is 4.98 Å². The van der Waals surface area contributed by atoms with Crippen LogP contribution >= 0.6 is 0 Å². The van der Waals surface area contributed by atoms with Crippen molar-refractivity contribution in [3.63, 3.8) is 0 Å². The van der Waals surface area contributed by atoms with Gasteiger partial charge in [0.1, 0.15) is 11.6 Å². The van der Waals surface area contributed by atoms with Gasteiger partial charge >= 0.3 is 0 Å². The summed E-state index contributed by atoms with van der Waals surface area (Å²) < 4.78 is 7.18. The molecule has 0 fully saturated rings. The van der Waals surface area contributed by atoms with Gasteiger partial charge in [-0.25, -0.2) is 4.98 Å². The van der Waals surface area contributed by atoms with Crippen molar-refractivity contribution in [1.29, 1.82) is 0 Å². The molecular formula is C12H18N6O. The molecule has 0 aliphatic carbocycles. The molecule has 19 heavy (non-hydrogen) atoms. The average Bonchev–Trinajstić information content (AvgIpc) is 2.87. The first-order chi connectivity index (χ1) is 9.28. The van der Waals surface area contributed by atoms with Gasteiger partial charge in [0.15, 0.2) is 0 Å². The van der Waals surface area contributed by atoms with Crippen molar-refractivity contribution in [1.82, 2.24) is 25.0 Å². The lowest BCUT2D eigenvalue weighted by molar-refractivity contribution is 0.325. The Morgan fingerprint density at radius 2 is 2.26 bits per heavy atom. The summed E-state index contributed by atoms with van der Waals surface area (Å²) in [6.45, 7) is 6.02. The third kappa shape index (κ3) is 4.20. The molecule has 0 aromatic carbocycles. The maximum Gasteiger partial charge on any atom is 0.218 e. The second kappa shape index (κ2) is 6.67. The van der Waals surface area contributed by atoms with Crippen LogP contribution in [0, 0.1) is 6.92 Å². The Kier molecular flexibility index (Phi) is 4.66. The van der Waals surface area contributed by atoms with Gasteiger partial charge < -0.3 is 10.1 Å². The molecule has 102 valence electrons. The first kappa shape index (κ1) is 13.3. The predicted octanol–water partition coefficient (Wildman–Crippen LogP) is 1.28. The van der Waals surface area contributed by atoms with E-state index in [0.717, 1.165) is 25.3 Å². The molecule has 0 aliphatic heterocycles. The maximum atomic E-state index is 5.38. The predicted molar refractivity (Wildman–Crippen MR) is 71.1 cm³/mol. The zero-order chi connectivity index (χ0) is 13.5. The molecule has 1 N–H and O–H groups in total. The van der Waals surface area contributed by atoms with Gasteiger partial charge in [-0.1, -0.05) is 5.21 Å². The Morgan fingerprint density at radius 3 is 3.00 bits per heavy atom. The van der Waals surface area contributed by atoms with Crippen molar-refractivity contribution in [2.45, 2.75) is 26.8 Å². The zero-order valence-corrected chi connectivity index (χ0v) is 11.2. The standard InChI is InChI=1S/C12H18N6O/c1-3-19-12-9-11(15-10(2)16-12)13-5-4-7-18-8-6-14-17-18/h6,8-9H,3-5,7H2,1-2H3,(H,13,15,16). The van der Waals surface area contributed by atoms with Crippen LogP contribution in [0.2, 0.25) is 0 Å². The van der Waals surface area contributed by atoms with Crippen molar-refractivity contribution in [3.05, 3.63) is 24.3 Å². The van der Waals surface area contributed by atoms with Crippen LogP contribution in [0.5, 0.6) is 5.88 Å². The summed E-state index contributed by atoms with van der Waals surface area (Å²) in [6.07, 6.45) is 4.47. The van der Waals surface area contributed by atoms with E-state index >= 15 is 0 Å². The van der Waals surface area contributed by atoms with Crippen LogP contribution in [0.15, 0.2) is 18.5 Å². The summed E-state index contributed by atoms with van der Waals surface area (Å²) in [5.41, 5.74) is 0. The first-order valence-corrected chi connectivity index (χ1v) is 6.34. The van der Waals surface area contributed by atoms with Crippen LogP contribution in [0.3, 0.4) is 0 Å². The van der Waals surface area contributed by atoms with Gasteiger partial charge in [-0.15, -0.1) is 5.10 Å². The Balaban J connectivity index is 1.81. The second-order valence-electron chi connectivity index (χ2n) is 4.02. The zero-order valence-electron chi connectivity index (χ0n) is 11.2. The van der Waals surface area contributed by atoms with Crippen molar-refractivity contribution in [2.75, 3.05) is 18.5 Å². The number of aryl methyl sites for hydroxylation is 2. The summed E-state index contributed by atoms with van der Waals surface area (Å²) in [5, 5.41) is 10.9. The number of ether oxygens (including phenoxy) is 1. The fourth-order valence-electron chi connectivity index (χ4n) is 1.66. The highest BCUT2D eigenvalue weighted by Gasteiger charge is 2.02. The molecule has 0 saturated heterocycles. The van der Waals surface area contributed by atoms with Crippen molar-refractivity contribution in [2.24, 2.45) is 0 Å². The lowest BCUT2D eigenvalue weighted by Gasteiger charge is -2.08. The molecule has 0 amide bonds. The second-order valence-corrected chi connectivity index (χ2v) is 4.02. The lowest BCUT2D eigenvalue weighted by Crippen LogP contribution is -2.09. The Hall–Kier alpha value is -2.18. The summed E-state index contributed by atoms with van der Waals surface area (Å²) in [5.74, 6) is 2.09. The largest absolute Gasteiger partial charge is 0.478 e. The van der Waals surface area contributed by atoms with E-state index in [9.17, 15) is 0 Å².